The average molecular weight is 806 g/mol. The molecule has 0 bridgehead atoms. The molecule has 0 radical (unpaired) electrons. The van der Waals surface area contributed by atoms with Crippen LogP contribution in [0.25, 0.3) is 0 Å². The van der Waals surface area contributed by atoms with E-state index < -0.39 is 52.6 Å². The standard InChI is InChI=1S/2C5H4N2O4.C2H4O2.2Cd.Gd.3H2O/c2*8-4(9)2-3(5(10)11)7-1-6-2;1-2(3)4;;;;;;/h2*1H,(H3,6,7,8,9,10,11);1H3,(H,3,4);;;;3*1H2/p-2. The molecule has 0 fully saturated rings. The number of imidazole rings is 2. The van der Waals surface area contributed by atoms with Gasteiger partial charge in [0.15, 0.2) is 0 Å². The summed E-state index contributed by atoms with van der Waals surface area (Å²) in [5.41, 5.74) is -2.12. The predicted molar refractivity (Wildman–Crippen MR) is 87.1 cm³/mol. The first kappa shape index (κ1) is 48.3. The van der Waals surface area contributed by atoms with Crippen molar-refractivity contribution in [3.8, 4) is 0 Å². The van der Waals surface area contributed by atoms with Crippen molar-refractivity contribution in [2.45, 2.75) is 6.92 Å². The number of rotatable bonds is 4. The molecule has 32 heavy (non-hydrogen) atoms. The third-order valence-electron chi connectivity index (χ3n) is 2.01. The molecule has 0 unspecified atom stereocenters. The quantitative estimate of drug-likeness (QED) is 0.187. The van der Waals surface area contributed by atoms with Crippen molar-refractivity contribution < 1.29 is 160 Å². The SMILES string of the molecule is CC(=O)O.O.O.O.O=C(O)c1nc[n-]c1C(=O)O.O=C(O)c1nc[n-]c1C(=O)O.[Cd].[Cd].[Gd]. The van der Waals surface area contributed by atoms with Crippen LogP contribution in [0, 0.1) is 39.9 Å². The molecule has 0 atom stereocenters. The summed E-state index contributed by atoms with van der Waals surface area (Å²) in [7, 11) is 0. The number of aliphatic carboxylic acids is 1. The van der Waals surface area contributed by atoms with Gasteiger partial charge >= 0.3 is 23.9 Å². The second-order valence-electron chi connectivity index (χ2n) is 3.88. The van der Waals surface area contributed by atoms with Crippen LogP contribution in [0.3, 0.4) is 0 Å². The normalized spacial score (nSPS) is 7.28. The Morgan fingerprint density at radius 2 is 0.875 bits per heavy atom. The topological polar surface area (TPSA) is 335 Å². The zero-order valence-corrected chi connectivity index (χ0v) is 26.3. The summed E-state index contributed by atoms with van der Waals surface area (Å²) < 4.78 is 0. The van der Waals surface area contributed by atoms with Crippen molar-refractivity contribution in [2.75, 3.05) is 0 Å². The van der Waals surface area contributed by atoms with E-state index in [0.717, 1.165) is 19.6 Å². The summed E-state index contributed by atoms with van der Waals surface area (Å²) in [4.78, 5) is 62.9. The minimum Gasteiger partial charge on any atom is -0.481 e. The molecule has 2 aromatic heterocycles. The van der Waals surface area contributed by atoms with E-state index in [4.69, 9.17) is 30.3 Å². The molecule has 2 aromatic rings. The summed E-state index contributed by atoms with van der Waals surface area (Å²) in [6.45, 7) is 1.08. The summed E-state index contributed by atoms with van der Waals surface area (Å²) >= 11 is 0. The van der Waals surface area contributed by atoms with Crippen LogP contribution in [0.15, 0.2) is 12.7 Å². The first-order chi connectivity index (χ1) is 12.0. The van der Waals surface area contributed by atoms with Gasteiger partial charge in [-0.15, -0.1) is 0 Å². The number of aromatic nitrogens is 4. The van der Waals surface area contributed by atoms with E-state index >= 15 is 0 Å². The van der Waals surface area contributed by atoms with Gasteiger partial charge in [-0.1, -0.05) is 12.7 Å². The summed E-state index contributed by atoms with van der Waals surface area (Å²) in [5, 5.41) is 40.8. The van der Waals surface area contributed by atoms with Crippen LogP contribution >= 0.6 is 0 Å². The first-order valence-corrected chi connectivity index (χ1v) is 6.07. The van der Waals surface area contributed by atoms with Crippen molar-refractivity contribution in [1.29, 1.82) is 0 Å². The van der Waals surface area contributed by atoms with Gasteiger partial charge in [-0.05, 0) is 0 Å². The molecule has 0 amide bonds. The molecule has 2 rings (SSSR count). The fourth-order valence-corrected chi connectivity index (χ4v) is 1.16. The number of carboxylic acid groups (broad SMARTS) is 5. The van der Waals surface area contributed by atoms with Gasteiger partial charge in [0.25, 0.3) is 5.97 Å². The van der Waals surface area contributed by atoms with E-state index in [0.29, 0.717) is 0 Å². The number of carboxylic acids is 5. The Bertz CT molecular complexity index is 719. The van der Waals surface area contributed by atoms with Crippen LogP contribution < -0.4 is 9.97 Å². The fourth-order valence-electron chi connectivity index (χ4n) is 1.16. The summed E-state index contributed by atoms with van der Waals surface area (Å²) in [5.74, 6) is -6.39. The van der Waals surface area contributed by atoms with E-state index in [9.17, 15) is 19.2 Å². The van der Waals surface area contributed by atoms with E-state index in [-0.39, 0.29) is 111 Å². The molecule has 17 nitrogen and oxygen atoms in total. The van der Waals surface area contributed by atoms with Gasteiger partial charge in [0, 0.05) is 101 Å². The van der Waals surface area contributed by atoms with Gasteiger partial charge in [-0.3, -0.25) is 4.79 Å². The molecule has 0 aliphatic rings. The van der Waals surface area contributed by atoms with Gasteiger partial charge in [0.05, 0.1) is 22.8 Å². The molecular weight excluding hydrogens is 790 g/mol. The molecule has 2 heterocycles. The molecule has 0 aromatic carbocycles. The van der Waals surface area contributed by atoms with Crippen LogP contribution in [0.4, 0.5) is 0 Å². The maximum atomic E-state index is 10.2. The Labute approximate surface area is 250 Å². The molecule has 0 spiro atoms. The Kier molecular flexibility index (Phi) is 36.9. The minimum atomic E-state index is -1.39. The average Bonchev–Trinajstić information content (AvgIpc) is 3.16. The smallest absolute Gasteiger partial charge is 0.332 e. The van der Waals surface area contributed by atoms with E-state index in [1.165, 1.54) is 0 Å². The molecule has 0 aliphatic heterocycles. The fraction of sp³-hybridized carbons (Fsp3) is 0.0833. The van der Waals surface area contributed by atoms with Crippen molar-refractivity contribution in [3.63, 3.8) is 0 Å². The monoisotopic (exact) mass is 810 g/mol. The zero-order chi connectivity index (χ0) is 20.4. The number of carbonyl (C=O) groups is 5. The second kappa shape index (κ2) is 24.5. The van der Waals surface area contributed by atoms with Crippen LogP contribution in [-0.2, 0) is 59.4 Å². The Morgan fingerprint density at radius 1 is 0.656 bits per heavy atom. The Hall–Kier alpha value is -1.18. The molecule has 20 heteroatoms. The molecule has 0 saturated carbocycles. The molecule has 176 valence electrons. The molecule has 0 saturated heterocycles. The predicted octanol–water partition coefficient (Wildman–Crippen LogP) is -3.52. The number of hydrogen-bond acceptors (Lipinski definition) is 7. The largest absolute Gasteiger partial charge is 0.481 e. The zero-order valence-electron chi connectivity index (χ0n) is 16.0. The van der Waals surface area contributed by atoms with Crippen LogP contribution in [0.1, 0.15) is 48.9 Å². The van der Waals surface area contributed by atoms with Gasteiger partial charge in [-0.25, -0.2) is 19.2 Å². The van der Waals surface area contributed by atoms with Crippen molar-refractivity contribution in [2.24, 2.45) is 0 Å². The summed E-state index contributed by atoms with van der Waals surface area (Å²) in [6, 6.07) is 0. The van der Waals surface area contributed by atoms with Crippen molar-refractivity contribution in [1.82, 2.24) is 19.9 Å². The van der Waals surface area contributed by atoms with E-state index in [2.05, 4.69) is 19.9 Å². The van der Waals surface area contributed by atoms with Gasteiger partial charge in [-0.2, -0.15) is 0 Å². The first-order valence-electron chi connectivity index (χ1n) is 6.07. The molecule has 0 aliphatic carbocycles. The third kappa shape index (κ3) is 18.4. The molecule has 11 N–H and O–H groups in total. The van der Waals surface area contributed by atoms with Gasteiger partial charge in [0.2, 0.25) is 0 Å². The number of aromatic carboxylic acids is 4. The van der Waals surface area contributed by atoms with Crippen LogP contribution in [0.5, 0.6) is 0 Å². The van der Waals surface area contributed by atoms with E-state index in [1.54, 1.807) is 0 Å². The van der Waals surface area contributed by atoms with Crippen LogP contribution in [0.2, 0.25) is 0 Å². The summed E-state index contributed by atoms with van der Waals surface area (Å²) in [6.07, 6.45) is 1.79. The van der Waals surface area contributed by atoms with Gasteiger partial charge < -0.3 is 61.9 Å². The Morgan fingerprint density at radius 3 is 1.00 bits per heavy atom. The Balaban J connectivity index is -0.0000000577. The molecular formula is C12H16Cd2GdN4O13-2. The van der Waals surface area contributed by atoms with Crippen molar-refractivity contribution >= 4 is 29.8 Å². The minimum absolute atomic E-state index is 0. The maximum absolute atomic E-state index is 10.2. The van der Waals surface area contributed by atoms with Crippen LogP contribution in [-0.4, -0.2) is 81.8 Å². The van der Waals surface area contributed by atoms with Gasteiger partial charge in [0.1, 0.15) is 0 Å². The van der Waals surface area contributed by atoms with Crippen molar-refractivity contribution in [3.05, 3.63) is 35.4 Å². The number of nitrogens with zero attached hydrogens (tertiary/aromatic N) is 4. The van der Waals surface area contributed by atoms with E-state index in [1.807, 2.05) is 0 Å². The second-order valence-corrected chi connectivity index (χ2v) is 3.88. The third-order valence-corrected chi connectivity index (χ3v) is 2.01. The maximum Gasteiger partial charge on any atom is 0.332 e. The number of hydrogen-bond donors (Lipinski definition) is 5.